The van der Waals surface area contributed by atoms with Crippen molar-refractivity contribution in [1.82, 2.24) is 0 Å². The molecule has 0 aliphatic rings. The van der Waals surface area contributed by atoms with Crippen molar-refractivity contribution in [3.05, 3.63) is 0 Å². The smallest absolute Gasteiger partial charge is 0.170 e. The van der Waals surface area contributed by atoms with E-state index in [0.29, 0.717) is 5.92 Å². The average molecular weight is 343 g/mol. The van der Waals surface area contributed by atoms with Crippen LogP contribution in [0.25, 0.3) is 0 Å². The monoisotopic (exact) mass is 342 g/mol. The second-order valence-corrected chi connectivity index (χ2v) is 7.43. The SMILES string of the molecule is CCCCCCCCC(CCCCC)C(CCCCC)(OC)OC. The molecule has 0 rings (SSSR count). The fourth-order valence-electron chi connectivity index (χ4n) is 3.84. The van der Waals surface area contributed by atoms with Crippen molar-refractivity contribution in [2.75, 3.05) is 14.2 Å². The molecule has 0 fully saturated rings. The maximum Gasteiger partial charge on any atom is 0.170 e. The Morgan fingerprint density at radius 1 is 0.583 bits per heavy atom. The van der Waals surface area contributed by atoms with Crippen molar-refractivity contribution >= 4 is 0 Å². The van der Waals surface area contributed by atoms with Crippen LogP contribution in [-0.2, 0) is 9.47 Å². The first kappa shape index (κ1) is 23.9. The molecule has 0 amide bonds. The Morgan fingerprint density at radius 2 is 1.00 bits per heavy atom. The van der Waals surface area contributed by atoms with Crippen LogP contribution in [-0.4, -0.2) is 20.0 Å². The highest BCUT2D eigenvalue weighted by molar-refractivity contribution is 4.80. The molecule has 24 heavy (non-hydrogen) atoms. The third-order valence-electron chi connectivity index (χ3n) is 5.50. The number of methoxy groups -OCH3 is 2. The predicted molar refractivity (Wildman–Crippen MR) is 107 cm³/mol. The minimum absolute atomic E-state index is 0.355. The Balaban J connectivity index is 4.58. The Hall–Kier alpha value is -0.0800. The van der Waals surface area contributed by atoms with Crippen molar-refractivity contribution in [1.29, 1.82) is 0 Å². The maximum atomic E-state index is 6.00. The van der Waals surface area contributed by atoms with Crippen molar-refractivity contribution in [3.8, 4) is 0 Å². The first-order valence-corrected chi connectivity index (χ1v) is 10.8. The average Bonchev–Trinajstić information content (AvgIpc) is 2.61. The van der Waals surface area contributed by atoms with E-state index in [2.05, 4.69) is 20.8 Å². The van der Waals surface area contributed by atoms with E-state index >= 15 is 0 Å². The van der Waals surface area contributed by atoms with Gasteiger partial charge in [0.05, 0.1) is 0 Å². The fourth-order valence-corrected chi connectivity index (χ4v) is 3.84. The second kappa shape index (κ2) is 16.4. The van der Waals surface area contributed by atoms with Gasteiger partial charge in [-0.1, -0.05) is 91.4 Å². The molecule has 1 unspecified atom stereocenters. The minimum atomic E-state index is -0.355. The van der Waals surface area contributed by atoms with Crippen LogP contribution in [0.4, 0.5) is 0 Å². The van der Waals surface area contributed by atoms with Gasteiger partial charge >= 0.3 is 0 Å². The summed E-state index contributed by atoms with van der Waals surface area (Å²) in [6, 6.07) is 0. The van der Waals surface area contributed by atoms with E-state index in [4.69, 9.17) is 9.47 Å². The molecule has 0 aromatic heterocycles. The predicted octanol–water partition coefficient (Wildman–Crippen LogP) is 7.50. The third kappa shape index (κ3) is 10.0. The zero-order chi connectivity index (χ0) is 18.1. The standard InChI is InChI=1S/C22H46O2/c1-6-9-12-13-14-16-19-21(18-15-10-7-2)22(23-4,24-5)20-17-11-8-3/h21H,6-20H2,1-5H3. The Kier molecular flexibility index (Phi) is 16.3. The van der Waals surface area contributed by atoms with Gasteiger partial charge in [-0.2, -0.15) is 0 Å². The molecule has 1 atom stereocenters. The number of hydrogen-bond donors (Lipinski definition) is 0. The van der Waals surface area contributed by atoms with Crippen LogP contribution in [0.5, 0.6) is 0 Å². The van der Waals surface area contributed by atoms with Crippen LogP contribution in [0.15, 0.2) is 0 Å². The summed E-state index contributed by atoms with van der Waals surface area (Å²) in [6.45, 7) is 6.83. The largest absolute Gasteiger partial charge is 0.353 e. The third-order valence-corrected chi connectivity index (χ3v) is 5.50. The summed E-state index contributed by atoms with van der Waals surface area (Å²) in [7, 11) is 3.70. The Bertz CT molecular complexity index is 248. The summed E-state index contributed by atoms with van der Waals surface area (Å²) in [5.41, 5.74) is 0. The molecule has 0 bridgehead atoms. The Labute approximate surface area is 153 Å². The van der Waals surface area contributed by atoms with Crippen LogP contribution < -0.4 is 0 Å². The zero-order valence-corrected chi connectivity index (χ0v) is 17.5. The lowest BCUT2D eigenvalue weighted by atomic mass is 9.84. The van der Waals surface area contributed by atoms with Crippen molar-refractivity contribution in [2.45, 2.75) is 123 Å². The second-order valence-electron chi connectivity index (χ2n) is 7.43. The highest BCUT2D eigenvalue weighted by Gasteiger charge is 2.37. The first-order chi connectivity index (χ1) is 11.7. The van der Waals surface area contributed by atoms with E-state index in [9.17, 15) is 0 Å². The van der Waals surface area contributed by atoms with Gasteiger partial charge in [0.15, 0.2) is 5.79 Å². The van der Waals surface area contributed by atoms with Crippen molar-refractivity contribution < 1.29 is 9.47 Å². The number of hydrogen-bond acceptors (Lipinski definition) is 2. The molecule has 2 heteroatoms. The molecule has 0 saturated heterocycles. The van der Waals surface area contributed by atoms with Gasteiger partial charge in [0.25, 0.3) is 0 Å². The topological polar surface area (TPSA) is 18.5 Å². The lowest BCUT2D eigenvalue weighted by Gasteiger charge is -2.39. The molecule has 0 aliphatic carbocycles. The molecular weight excluding hydrogens is 296 g/mol. The van der Waals surface area contributed by atoms with Gasteiger partial charge in [-0.3, -0.25) is 0 Å². The molecular formula is C22H46O2. The molecule has 0 aromatic rings. The normalized spacial score (nSPS) is 13.4. The summed E-state index contributed by atoms with van der Waals surface area (Å²) >= 11 is 0. The summed E-state index contributed by atoms with van der Waals surface area (Å²) in [6.07, 6.45) is 19.4. The van der Waals surface area contributed by atoms with Crippen LogP contribution in [0, 0.1) is 5.92 Å². The van der Waals surface area contributed by atoms with Crippen molar-refractivity contribution in [3.63, 3.8) is 0 Å². The van der Waals surface area contributed by atoms with Crippen LogP contribution >= 0.6 is 0 Å². The number of ether oxygens (including phenoxy) is 2. The van der Waals surface area contributed by atoms with E-state index in [0.717, 1.165) is 6.42 Å². The highest BCUT2D eigenvalue weighted by atomic mass is 16.7. The molecule has 0 aliphatic heterocycles. The van der Waals surface area contributed by atoms with E-state index < -0.39 is 0 Å². The van der Waals surface area contributed by atoms with Crippen molar-refractivity contribution in [2.24, 2.45) is 5.92 Å². The quantitative estimate of drug-likeness (QED) is 0.189. The van der Waals surface area contributed by atoms with Gasteiger partial charge < -0.3 is 9.47 Å². The maximum absolute atomic E-state index is 6.00. The molecule has 0 spiro atoms. The number of unbranched alkanes of at least 4 members (excludes halogenated alkanes) is 9. The van der Waals surface area contributed by atoms with Gasteiger partial charge in [-0.15, -0.1) is 0 Å². The molecule has 0 aromatic carbocycles. The fraction of sp³-hybridized carbons (Fsp3) is 1.00. The van der Waals surface area contributed by atoms with E-state index in [-0.39, 0.29) is 5.79 Å². The van der Waals surface area contributed by atoms with Crippen LogP contribution in [0.2, 0.25) is 0 Å². The van der Waals surface area contributed by atoms with E-state index in [1.54, 1.807) is 0 Å². The van der Waals surface area contributed by atoms with E-state index in [1.165, 1.54) is 89.9 Å². The molecule has 0 heterocycles. The van der Waals surface area contributed by atoms with Gasteiger partial charge in [0.1, 0.15) is 0 Å². The number of rotatable bonds is 18. The summed E-state index contributed by atoms with van der Waals surface area (Å²) < 4.78 is 12.0. The summed E-state index contributed by atoms with van der Waals surface area (Å²) in [4.78, 5) is 0. The van der Waals surface area contributed by atoms with Crippen LogP contribution in [0.3, 0.4) is 0 Å². The molecule has 146 valence electrons. The Morgan fingerprint density at radius 3 is 1.54 bits per heavy atom. The van der Waals surface area contributed by atoms with Gasteiger partial charge in [0.2, 0.25) is 0 Å². The summed E-state index contributed by atoms with van der Waals surface area (Å²) in [5.74, 6) is 0.189. The molecule has 0 radical (unpaired) electrons. The zero-order valence-electron chi connectivity index (χ0n) is 17.5. The van der Waals surface area contributed by atoms with E-state index in [1.807, 2.05) is 14.2 Å². The van der Waals surface area contributed by atoms with Gasteiger partial charge in [0, 0.05) is 26.6 Å². The van der Waals surface area contributed by atoms with Crippen LogP contribution in [0.1, 0.15) is 117 Å². The lowest BCUT2D eigenvalue weighted by Crippen LogP contribution is -2.42. The molecule has 0 N–H and O–H groups in total. The van der Waals surface area contributed by atoms with Gasteiger partial charge in [-0.25, -0.2) is 0 Å². The van der Waals surface area contributed by atoms with Gasteiger partial charge in [-0.05, 0) is 19.3 Å². The first-order valence-electron chi connectivity index (χ1n) is 10.8. The highest BCUT2D eigenvalue weighted by Crippen LogP contribution is 2.36. The molecule has 2 nitrogen and oxygen atoms in total. The molecule has 0 saturated carbocycles. The minimum Gasteiger partial charge on any atom is -0.353 e. The summed E-state index contributed by atoms with van der Waals surface area (Å²) in [5, 5.41) is 0. The lowest BCUT2D eigenvalue weighted by molar-refractivity contribution is -0.247.